The Kier molecular flexibility index (Phi) is 8.77. The van der Waals surface area contributed by atoms with E-state index in [0.717, 1.165) is 20.9 Å². The maximum Gasteiger partial charge on any atom is 0.493 e. The molecule has 0 aliphatic carbocycles. The number of carboxylic acid groups (broad SMARTS) is 2. The Hall–Kier alpha value is -4.27. The fourth-order valence-corrected chi connectivity index (χ4v) is 8.42. The van der Waals surface area contributed by atoms with Crippen molar-refractivity contribution in [2.24, 2.45) is 10.9 Å². The fourth-order valence-electron chi connectivity index (χ4n) is 4.28. The van der Waals surface area contributed by atoms with Crippen LogP contribution in [0.4, 0.5) is 9.93 Å². The van der Waals surface area contributed by atoms with E-state index in [9.17, 15) is 29.1 Å². The van der Waals surface area contributed by atoms with Gasteiger partial charge in [-0.1, -0.05) is 16.9 Å². The third-order valence-corrected chi connectivity index (χ3v) is 10.7. The highest BCUT2D eigenvalue weighted by Crippen LogP contribution is 2.42. The average molecular weight is 680 g/mol. The van der Waals surface area contributed by atoms with Crippen LogP contribution >= 0.6 is 46.2 Å². The summed E-state index contributed by atoms with van der Waals surface area (Å²) in [6.07, 6.45) is 0.187. The molecule has 20 heteroatoms. The quantitative estimate of drug-likeness (QED) is 0.0648. The number of nitrogens with one attached hydrogen (secondary N) is 1. The van der Waals surface area contributed by atoms with Crippen LogP contribution in [0, 0.1) is 6.92 Å². The van der Waals surface area contributed by atoms with E-state index in [2.05, 4.69) is 20.4 Å². The number of thioether (sulfide) groups is 2. The van der Waals surface area contributed by atoms with Gasteiger partial charge < -0.3 is 26.1 Å². The summed E-state index contributed by atoms with van der Waals surface area (Å²) in [6, 6.07) is 0.00438. The summed E-state index contributed by atoms with van der Waals surface area (Å²) in [6.45, 7) is 2.94. The number of fused-ring (bicyclic) bond motifs is 2. The van der Waals surface area contributed by atoms with Crippen molar-refractivity contribution in [3.05, 3.63) is 40.3 Å². The highest BCUT2D eigenvalue weighted by molar-refractivity contribution is 8.02. The first-order chi connectivity index (χ1) is 20.9. The van der Waals surface area contributed by atoms with E-state index in [0.29, 0.717) is 21.1 Å². The average Bonchev–Trinajstić information content (AvgIpc) is 3.60. The van der Waals surface area contributed by atoms with E-state index in [1.165, 1.54) is 51.7 Å². The van der Waals surface area contributed by atoms with Crippen molar-refractivity contribution in [1.29, 1.82) is 0 Å². The monoisotopic (exact) mass is 679 g/mol. The van der Waals surface area contributed by atoms with E-state index < -0.39 is 53.0 Å². The number of aliphatic carboxylic acids is 2. The van der Waals surface area contributed by atoms with Gasteiger partial charge in [0.25, 0.3) is 11.8 Å². The van der Waals surface area contributed by atoms with Crippen LogP contribution in [0.3, 0.4) is 0 Å². The van der Waals surface area contributed by atoms with E-state index in [1.54, 1.807) is 19.2 Å². The number of anilines is 1. The number of carboxylic acids is 2. The number of hydrogen-bond acceptors (Lipinski definition) is 14. The van der Waals surface area contributed by atoms with Gasteiger partial charge in [0, 0.05) is 23.8 Å². The van der Waals surface area contributed by atoms with Crippen LogP contribution < -0.4 is 21.4 Å². The van der Waals surface area contributed by atoms with Crippen molar-refractivity contribution >= 4 is 97.0 Å². The first kappa shape index (κ1) is 31.2. The lowest BCUT2D eigenvalue weighted by molar-refractivity contribution is -0.575. The van der Waals surface area contributed by atoms with Crippen LogP contribution in [-0.2, 0) is 24.0 Å². The molecule has 2 aliphatic rings. The molecule has 1 fully saturated rings. The molecule has 0 saturated carbocycles. The van der Waals surface area contributed by atoms with E-state index >= 15 is 0 Å². The summed E-state index contributed by atoms with van der Waals surface area (Å²) in [7, 11) is 0. The molecule has 3 amide bonds. The number of aromatic nitrogens is 3. The summed E-state index contributed by atoms with van der Waals surface area (Å²) in [4.78, 5) is 76.1. The van der Waals surface area contributed by atoms with Crippen molar-refractivity contribution in [3.8, 4) is 0 Å². The van der Waals surface area contributed by atoms with E-state index in [-0.39, 0.29) is 28.0 Å². The standard InChI is InChI=1S/C24H22N8O8S4/c1-8-13-12(3-4-31(8)23(26)39)44-24(29-13)43-6-10-5-41-19-15(18(34)32(19)16(10)21(37)38)28-17(33)14(11-7-42-22(25)27-11)30-40-9(2)20(35)36/h3-4,7,9,15,19H,5-6H2,1-2H3,(H6-,25,26,27,28,33,35,36,37,38,39)/p+1/t9-,15?,19-/m0/s1. The smallest absolute Gasteiger partial charge is 0.478 e. The Morgan fingerprint density at radius 1 is 1.32 bits per heavy atom. The normalized spacial score (nSPS) is 18.9. The lowest BCUT2D eigenvalue weighted by Crippen LogP contribution is -2.71. The Morgan fingerprint density at radius 3 is 2.70 bits per heavy atom. The topological polar surface area (TPSA) is 244 Å². The summed E-state index contributed by atoms with van der Waals surface area (Å²) >= 11 is 4.98. The Labute approximate surface area is 264 Å². The third-order valence-electron chi connectivity index (χ3n) is 6.49. The molecule has 1 saturated heterocycles. The fraction of sp³-hybridized carbons (Fsp3) is 0.292. The lowest BCUT2D eigenvalue weighted by Gasteiger charge is -2.49. The first-order valence-corrected chi connectivity index (χ1v) is 16.2. The number of nitrogens with two attached hydrogens (primary N) is 2. The van der Waals surface area contributed by atoms with Crippen molar-refractivity contribution in [3.63, 3.8) is 0 Å². The predicted molar refractivity (Wildman–Crippen MR) is 161 cm³/mol. The van der Waals surface area contributed by atoms with Crippen molar-refractivity contribution in [2.45, 2.75) is 35.7 Å². The second kappa shape index (κ2) is 12.4. The molecule has 0 spiro atoms. The number of aryl methyl sites for hydroxylation is 1. The molecule has 1 unspecified atom stereocenters. The number of thiazole rings is 2. The molecule has 5 rings (SSSR count). The zero-order valence-corrected chi connectivity index (χ0v) is 26.0. The Bertz CT molecular complexity index is 1790. The molecule has 5 heterocycles. The highest BCUT2D eigenvalue weighted by atomic mass is 32.2. The van der Waals surface area contributed by atoms with Gasteiger partial charge in [0.15, 0.2) is 15.2 Å². The number of carbonyl (C=O) groups is 5. The van der Waals surface area contributed by atoms with Crippen LogP contribution in [0.1, 0.15) is 18.3 Å². The van der Waals surface area contributed by atoms with Gasteiger partial charge >= 0.3 is 18.0 Å². The minimum Gasteiger partial charge on any atom is -0.478 e. The Balaban J connectivity index is 1.32. The summed E-state index contributed by atoms with van der Waals surface area (Å²) in [5.74, 6) is -3.62. The summed E-state index contributed by atoms with van der Waals surface area (Å²) < 4.78 is 2.76. The number of β-lactam (4-membered cyclic amide) rings is 1. The van der Waals surface area contributed by atoms with E-state index in [1.807, 2.05) is 0 Å². The number of amides is 3. The zero-order valence-electron chi connectivity index (χ0n) is 22.7. The first-order valence-electron chi connectivity index (χ1n) is 12.5. The maximum absolute atomic E-state index is 13.2. The van der Waals surface area contributed by atoms with Gasteiger partial charge in [0.2, 0.25) is 6.10 Å². The summed E-state index contributed by atoms with van der Waals surface area (Å²) in [5.41, 5.74) is 12.2. The molecule has 0 bridgehead atoms. The Morgan fingerprint density at radius 2 is 2.07 bits per heavy atom. The van der Waals surface area contributed by atoms with Gasteiger partial charge in [-0.2, -0.15) is 9.36 Å². The number of oxime groups is 1. The largest absolute Gasteiger partial charge is 0.493 e. The van der Waals surface area contributed by atoms with E-state index in [4.69, 9.17) is 21.4 Å². The molecule has 44 heavy (non-hydrogen) atoms. The number of rotatable bonds is 10. The van der Waals surface area contributed by atoms with Crippen molar-refractivity contribution in [2.75, 3.05) is 17.2 Å². The van der Waals surface area contributed by atoms with Crippen LogP contribution in [0.25, 0.3) is 10.2 Å². The molecule has 16 nitrogen and oxygen atoms in total. The van der Waals surface area contributed by atoms with Crippen molar-refractivity contribution in [1.82, 2.24) is 20.2 Å². The number of nitrogen functional groups attached to an aromatic ring is 1. The van der Waals surface area contributed by atoms with Crippen LogP contribution in [0.15, 0.2) is 38.4 Å². The molecule has 0 radical (unpaired) electrons. The maximum atomic E-state index is 13.2. The van der Waals surface area contributed by atoms with Gasteiger partial charge in [0.1, 0.15) is 40.2 Å². The SMILES string of the molecule is Cc1c2nc(SCC3=C(C(=O)O)N4C(=O)C(NC(=O)C(=NO[C@@H](C)C(=O)O)c5csc(N)n5)[C@@H]4SC3)sc2cc[n+]1C(N)=O. The van der Waals surface area contributed by atoms with Crippen LogP contribution in [0.5, 0.6) is 0 Å². The van der Waals surface area contributed by atoms with Gasteiger partial charge in [-0.05, 0) is 18.6 Å². The number of nitrogens with zero attached hydrogens (tertiary/aromatic N) is 5. The minimum absolute atomic E-state index is 0.0161. The van der Waals surface area contributed by atoms with Gasteiger partial charge in [-0.25, -0.2) is 19.6 Å². The molecular weight excluding hydrogens is 657 g/mol. The number of pyridine rings is 1. The van der Waals surface area contributed by atoms with Crippen LogP contribution in [-0.4, -0.2) is 89.6 Å². The molecule has 2 aliphatic heterocycles. The number of carbonyl (C=O) groups excluding carboxylic acids is 3. The number of hydrogen-bond donors (Lipinski definition) is 5. The predicted octanol–water partition coefficient (Wildman–Crippen LogP) is 0.582. The zero-order chi connectivity index (χ0) is 31.9. The molecule has 0 aromatic carbocycles. The van der Waals surface area contributed by atoms with Gasteiger partial charge in [-0.15, -0.1) is 34.4 Å². The minimum atomic E-state index is -1.37. The molecule has 3 aromatic heterocycles. The molecule has 7 N–H and O–H groups in total. The second-order valence-corrected chi connectivity index (χ2v) is 13.6. The van der Waals surface area contributed by atoms with Crippen molar-refractivity contribution < 1.29 is 43.6 Å². The summed E-state index contributed by atoms with van der Waals surface area (Å²) in [5, 5.41) is 26.1. The third kappa shape index (κ3) is 5.92. The van der Waals surface area contributed by atoms with Crippen LogP contribution in [0.2, 0.25) is 0 Å². The highest BCUT2D eigenvalue weighted by Gasteiger charge is 2.54. The second-order valence-electron chi connectivity index (χ2n) is 9.31. The van der Waals surface area contributed by atoms with Gasteiger partial charge in [-0.3, -0.25) is 20.2 Å². The molecule has 230 valence electrons. The lowest BCUT2D eigenvalue weighted by atomic mass is 10.0. The molecular formula is C24H23N8O8S4+. The van der Waals surface area contributed by atoms with Gasteiger partial charge in [0.05, 0.1) is 4.70 Å². The molecule has 3 atom stereocenters. The molecule has 3 aromatic rings. The number of primary amides is 1.